The Hall–Kier alpha value is -2.38. The molecule has 0 bridgehead atoms. The van der Waals surface area contributed by atoms with Crippen molar-refractivity contribution in [1.82, 2.24) is 15.1 Å². The molecule has 8 heteroatoms. The Balaban J connectivity index is 2.09. The van der Waals surface area contributed by atoms with E-state index in [0.29, 0.717) is 12.5 Å². The first-order valence-electron chi connectivity index (χ1n) is 6.84. The van der Waals surface area contributed by atoms with Crippen LogP contribution in [-0.2, 0) is 13.5 Å². The number of hydrogen-bond acceptors (Lipinski definition) is 2. The molecule has 0 spiro atoms. The summed E-state index contributed by atoms with van der Waals surface area (Å²) in [7, 11) is 1.78. The second kappa shape index (κ2) is 6.39. The van der Waals surface area contributed by atoms with E-state index < -0.39 is 34.7 Å². The fourth-order valence-electron chi connectivity index (χ4n) is 2.31. The van der Waals surface area contributed by atoms with Crippen LogP contribution in [0.1, 0.15) is 27.3 Å². The zero-order valence-electron chi connectivity index (χ0n) is 12.8. The molecule has 2 aromatic rings. The smallest absolute Gasteiger partial charge is 0.254 e. The Morgan fingerprint density at radius 3 is 2.39 bits per heavy atom. The molecule has 1 N–H and O–H groups in total. The van der Waals surface area contributed by atoms with Gasteiger partial charge in [0.1, 0.15) is 0 Å². The van der Waals surface area contributed by atoms with Crippen molar-refractivity contribution in [2.75, 3.05) is 6.54 Å². The highest BCUT2D eigenvalue weighted by Crippen LogP contribution is 2.18. The molecule has 23 heavy (non-hydrogen) atoms. The number of carbonyl (C=O) groups excluding carboxylic acids is 1. The van der Waals surface area contributed by atoms with Crippen molar-refractivity contribution < 1.29 is 22.4 Å². The van der Waals surface area contributed by atoms with Gasteiger partial charge in [-0.2, -0.15) is 5.10 Å². The molecule has 1 heterocycles. The molecule has 0 aliphatic rings. The molecule has 0 saturated carbocycles. The van der Waals surface area contributed by atoms with E-state index in [1.165, 1.54) is 0 Å². The monoisotopic (exact) mass is 329 g/mol. The zero-order valence-corrected chi connectivity index (χ0v) is 12.8. The second-order valence-corrected chi connectivity index (χ2v) is 5.13. The van der Waals surface area contributed by atoms with Gasteiger partial charge < -0.3 is 5.32 Å². The predicted octanol–water partition coefficient (Wildman–Crippen LogP) is 2.57. The molecule has 0 atom stereocenters. The number of hydrogen-bond donors (Lipinski definition) is 1. The number of halogens is 4. The number of amides is 1. The van der Waals surface area contributed by atoms with Gasteiger partial charge in [0.25, 0.3) is 5.91 Å². The van der Waals surface area contributed by atoms with Gasteiger partial charge >= 0.3 is 0 Å². The van der Waals surface area contributed by atoms with Crippen LogP contribution in [0.2, 0.25) is 0 Å². The average molecular weight is 329 g/mol. The predicted molar refractivity (Wildman–Crippen MR) is 75.0 cm³/mol. The van der Waals surface area contributed by atoms with E-state index in [2.05, 4.69) is 10.4 Å². The summed E-state index contributed by atoms with van der Waals surface area (Å²) in [6, 6.07) is 0.337. The third-order valence-corrected chi connectivity index (χ3v) is 3.67. The molecular formula is C15H15F4N3O. The normalized spacial score (nSPS) is 10.9. The van der Waals surface area contributed by atoms with Gasteiger partial charge in [-0.3, -0.25) is 9.48 Å². The number of aryl methyl sites for hydroxylation is 2. The Labute approximate surface area is 130 Å². The molecule has 0 fully saturated rings. The van der Waals surface area contributed by atoms with Gasteiger partial charge in [0.05, 0.1) is 11.3 Å². The zero-order chi connectivity index (χ0) is 17.3. The number of aromatic nitrogens is 2. The van der Waals surface area contributed by atoms with Crippen molar-refractivity contribution in [3.05, 3.63) is 51.9 Å². The lowest BCUT2D eigenvalue weighted by Gasteiger charge is -2.08. The van der Waals surface area contributed by atoms with Crippen LogP contribution >= 0.6 is 0 Å². The minimum absolute atomic E-state index is 0.117. The van der Waals surface area contributed by atoms with Crippen LogP contribution in [0.25, 0.3) is 0 Å². The summed E-state index contributed by atoms with van der Waals surface area (Å²) in [6.45, 7) is 3.79. The molecule has 1 amide bonds. The van der Waals surface area contributed by atoms with Gasteiger partial charge in [-0.25, -0.2) is 17.6 Å². The summed E-state index contributed by atoms with van der Waals surface area (Å²) in [6.07, 6.45) is 0.422. The first kappa shape index (κ1) is 17.0. The largest absolute Gasteiger partial charge is 0.352 e. The van der Waals surface area contributed by atoms with E-state index >= 15 is 0 Å². The Bertz CT molecular complexity index is 771. The first-order chi connectivity index (χ1) is 10.7. The molecule has 0 unspecified atom stereocenters. The van der Waals surface area contributed by atoms with Crippen LogP contribution in [0.4, 0.5) is 17.6 Å². The maximum atomic E-state index is 13.5. The van der Waals surface area contributed by atoms with Crippen LogP contribution in [0.5, 0.6) is 0 Å². The molecule has 4 nitrogen and oxygen atoms in total. The van der Waals surface area contributed by atoms with E-state index in [1.807, 2.05) is 13.8 Å². The lowest BCUT2D eigenvalue weighted by Crippen LogP contribution is -2.27. The van der Waals surface area contributed by atoms with Gasteiger partial charge in [0.2, 0.25) is 0 Å². The highest BCUT2D eigenvalue weighted by atomic mass is 19.2. The Morgan fingerprint density at radius 1 is 1.17 bits per heavy atom. The van der Waals surface area contributed by atoms with Crippen molar-refractivity contribution >= 4 is 5.91 Å². The Kier molecular flexibility index (Phi) is 4.72. The van der Waals surface area contributed by atoms with Crippen LogP contribution in [0.15, 0.2) is 6.07 Å². The number of nitrogens with zero attached hydrogens (tertiary/aromatic N) is 2. The molecule has 124 valence electrons. The molecule has 0 aliphatic carbocycles. The van der Waals surface area contributed by atoms with Gasteiger partial charge in [0, 0.05) is 19.3 Å². The summed E-state index contributed by atoms with van der Waals surface area (Å²) >= 11 is 0. The molecule has 0 saturated heterocycles. The summed E-state index contributed by atoms with van der Waals surface area (Å²) in [4.78, 5) is 11.8. The topological polar surface area (TPSA) is 46.9 Å². The van der Waals surface area contributed by atoms with E-state index in [4.69, 9.17) is 0 Å². The maximum absolute atomic E-state index is 13.5. The number of benzene rings is 1. The maximum Gasteiger partial charge on any atom is 0.254 e. The fraction of sp³-hybridized carbons (Fsp3) is 0.333. The van der Waals surface area contributed by atoms with Gasteiger partial charge in [-0.15, -0.1) is 0 Å². The van der Waals surface area contributed by atoms with E-state index in [1.54, 1.807) is 11.7 Å². The SMILES string of the molecule is Cc1nn(C)c(C)c1CCNC(=O)c1cc(F)c(F)c(F)c1F. The molecule has 1 aromatic heterocycles. The van der Waals surface area contributed by atoms with Crippen LogP contribution in [0, 0.1) is 37.1 Å². The minimum Gasteiger partial charge on any atom is -0.352 e. The lowest BCUT2D eigenvalue weighted by atomic mass is 10.1. The molecule has 1 aromatic carbocycles. The minimum atomic E-state index is -2.01. The van der Waals surface area contributed by atoms with Gasteiger partial charge in [-0.05, 0) is 31.9 Å². The van der Waals surface area contributed by atoms with Crippen molar-refractivity contribution in [3.8, 4) is 0 Å². The third kappa shape index (κ3) is 3.20. The van der Waals surface area contributed by atoms with Gasteiger partial charge in [0.15, 0.2) is 23.3 Å². The van der Waals surface area contributed by atoms with Crippen LogP contribution < -0.4 is 5.32 Å². The first-order valence-corrected chi connectivity index (χ1v) is 6.84. The fourth-order valence-corrected chi connectivity index (χ4v) is 2.31. The van der Waals surface area contributed by atoms with E-state index in [-0.39, 0.29) is 6.54 Å². The highest BCUT2D eigenvalue weighted by Gasteiger charge is 2.22. The standard InChI is InChI=1S/C15H15F4N3O/c1-7-9(8(2)22(3)21-7)4-5-20-15(23)10-6-11(16)13(18)14(19)12(10)17/h6H,4-5H2,1-3H3,(H,20,23). The van der Waals surface area contributed by atoms with Crippen molar-refractivity contribution in [2.45, 2.75) is 20.3 Å². The van der Waals surface area contributed by atoms with Crippen LogP contribution in [0.3, 0.4) is 0 Å². The molecule has 0 aliphatic heterocycles. The lowest BCUT2D eigenvalue weighted by molar-refractivity contribution is 0.0948. The highest BCUT2D eigenvalue weighted by molar-refractivity contribution is 5.94. The van der Waals surface area contributed by atoms with Crippen LogP contribution in [-0.4, -0.2) is 22.2 Å². The van der Waals surface area contributed by atoms with Crippen molar-refractivity contribution in [1.29, 1.82) is 0 Å². The summed E-state index contributed by atoms with van der Waals surface area (Å²) < 4.78 is 54.3. The number of carbonyl (C=O) groups is 1. The van der Waals surface area contributed by atoms with Gasteiger partial charge in [-0.1, -0.05) is 0 Å². The van der Waals surface area contributed by atoms with E-state index in [0.717, 1.165) is 17.0 Å². The van der Waals surface area contributed by atoms with Crippen molar-refractivity contribution in [2.24, 2.45) is 7.05 Å². The van der Waals surface area contributed by atoms with E-state index in [9.17, 15) is 22.4 Å². The van der Waals surface area contributed by atoms with Crippen molar-refractivity contribution in [3.63, 3.8) is 0 Å². The summed E-state index contributed by atoms with van der Waals surface area (Å²) in [5.74, 6) is -8.29. The summed E-state index contributed by atoms with van der Waals surface area (Å²) in [5, 5.41) is 6.57. The summed E-state index contributed by atoms with van der Waals surface area (Å²) in [5.41, 5.74) is 1.76. The Morgan fingerprint density at radius 2 is 1.83 bits per heavy atom. The second-order valence-electron chi connectivity index (χ2n) is 5.13. The number of rotatable bonds is 4. The number of nitrogens with one attached hydrogen (secondary N) is 1. The molecular weight excluding hydrogens is 314 g/mol. The third-order valence-electron chi connectivity index (χ3n) is 3.67. The quantitative estimate of drug-likeness (QED) is 0.532. The molecule has 0 radical (unpaired) electrons. The molecule has 2 rings (SSSR count). The average Bonchev–Trinajstić information content (AvgIpc) is 2.74.